The van der Waals surface area contributed by atoms with Crippen molar-refractivity contribution in [1.82, 2.24) is 0 Å². The molecule has 1 aliphatic rings. The molecule has 1 aromatic rings. The van der Waals surface area contributed by atoms with Gasteiger partial charge in [0.2, 0.25) is 0 Å². The fraction of sp³-hybridized carbons (Fsp3) is 0.533. The summed E-state index contributed by atoms with van der Waals surface area (Å²) in [5.41, 5.74) is 6.42. The van der Waals surface area contributed by atoms with Gasteiger partial charge in [0.25, 0.3) is 0 Å². The molecule has 0 spiro atoms. The number of methoxy groups -OCH3 is 1. The van der Waals surface area contributed by atoms with Crippen LogP contribution in [0.25, 0.3) is 0 Å². The summed E-state index contributed by atoms with van der Waals surface area (Å²) in [4.78, 5) is 10.8. The first-order valence-electron chi connectivity index (χ1n) is 7.02. The smallest absolute Gasteiger partial charge is 0.305 e. The van der Waals surface area contributed by atoms with Crippen molar-refractivity contribution in [2.45, 2.75) is 44.2 Å². The molecule has 1 fully saturated rings. The number of hydrogen-bond donors (Lipinski definition) is 2. The SMILES string of the molecule is COc1cc(C(N)CC(=O)O)c(Cl)cc1OC1CCCC1. The third-order valence-electron chi connectivity index (χ3n) is 3.67. The maximum atomic E-state index is 10.8. The summed E-state index contributed by atoms with van der Waals surface area (Å²) in [5, 5.41) is 9.23. The zero-order chi connectivity index (χ0) is 15.4. The minimum Gasteiger partial charge on any atom is -0.493 e. The molecule has 1 atom stereocenters. The largest absolute Gasteiger partial charge is 0.493 e. The van der Waals surface area contributed by atoms with Crippen molar-refractivity contribution >= 4 is 17.6 Å². The molecule has 21 heavy (non-hydrogen) atoms. The lowest BCUT2D eigenvalue weighted by Gasteiger charge is -2.19. The van der Waals surface area contributed by atoms with Crippen LogP contribution in [-0.2, 0) is 4.79 Å². The zero-order valence-corrected chi connectivity index (χ0v) is 12.7. The lowest BCUT2D eigenvalue weighted by Crippen LogP contribution is -2.16. The lowest BCUT2D eigenvalue weighted by atomic mass is 10.0. The molecular weight excluding hydrogens is 294 g/mol. The average molecular weight is 314 g/mol. The molecule has 5 nitrogen and oxygen atoms in total. The van der Waals surface area contributed by atoms with Crippen LogP contribution >= 0.6 is 11.6 Å². The van der Waals surface area contributed by atoms with Gasteiger partial charge in [0, 0.05) is 17.1 Å². The highest BCUT2D eigenvalue weighted by atomic mass is 35.5. The van der Waals surface area contributed by atoms with Crippen LogP contribution in [0, 0.1) is 0 Å². The highest BCUT2D eigenvalue weighted by Gasteiger charge is 2.21. The summed E-state index contributed by atoms with van der Waals surface area (Å²) in [6.45, 7) is 0. The minimum absolute atomic E-state index is 0.188. The second kappa shape index (κ2) is 7.00. The number of carboxylic acids is 1. The van der Waals surface area contributed by atoms with Crippen LogP contribution in [0.1, 0.15) is 43.7 Å². The molecule has 0 aliphatic heterocycles. The molecule has 1 unspecified atom stereocenters. The third-order valence-corrected chi connectivity index (χ3v) is 4.00. The van der Waals surface area contributed by atoms with Crippen LogP contribution in [0.2, 0.25) is 5.02 Å². The number of carboxylic acid groups (broad SMARTS) is 1. The minimum atomic E-state index is -0.969. The summed E-state index contributed by atoms with van der Waals surface area (Å²) in [6, 6.07) is 2.65. The first-order chi connectivity index (χ1) is 10.0. The number of aliphatic carboxylic acids is 1. The Bertz CT molecular complexity index is 515. The second-order valence-corrected chi connectivity index (χ2v) is 5.66. The zero-order valence-electron chi connectivity index (χ0n) is 12.0. The van der Waals surface area contributed by atoms with Crippen molar-refractivity contribution in [3.05, 3.63) is 22.7 Å². The fourth-order valence-corrected chi connectivity index (χ4v) is 2.86. The van der Waals surface area contributed by atoms with Crippen molar-refractivity contribution in [2.75, 3.05) is 7.11 Å². The van der Waals surface area contributed by atoms with E-state index in [4.69, 9.17) is 31.9 Å². The van der Waals surface area contributed by atoms with E-state index < -0.39 is 12.0 Å². The van der Waals surface area contributed by atoms with Crippen LogP contribution in [0.15, 0.2) is 12.1 Å². The summed E-state index contributed by atoms with van der Waals surface area (Å²) in [6.07, 6.45) is 4.40. The van der Waals surface area contributed by atoms with Gasteiger partial charge in [-0.3, -0.25) is 4.79 Å². The van der Waals surface area contributed by atoms with Crippen molar-refractivity contribution in [1.29, 1.82) is 0 Å². The van der Waals surface area contributed by atoms with Gasteiger partial charge in [-0.2, -0.15) is 0 Å². The van der Waals surface area contributed by atoms with E-state index in [0.29, 0.717) is 22.1 Å². The molecular formula is C15H20ClNO4. The van der Waals surface area contributed by atoms with E-state index in [9.17, 15) is 4.79 Å². The normalized spacial score (nSPS) is 16.7. The van der Waals surface area contributed by atoms with Gasteiger partial charge in [0.1, 0.15) is 0 Å². The predicted octanol–water partition coefficient (Wildman–Crippen LogP) is 3.14. The topological polar surface area (TPSA) is 81.8 Å². The lowest BCUT2D eigenvalue weighted by molar-refractivity contribution is -0.137. The number of hydrogen-bond acceptors (Lipinski definition) is 4. The van der Waals surface area contributed by atoms with Crippen molar-refractivity contribution in [3.63, 3.8) is 0 Å². The van der Waals surface area contributed by atoms with E-state index in [-0.39, 0.29) is 12.5 Å². The molecule has 0 saturated heterocycles. The summed E-state index contributed by atoms with van der Waals surface area (Å²) < 4.78 is 11.2. The Hall–Kier alpha value is -1.46. The first-order valence-corrected chi connectivity index (χ1v) is 7.40. The van der Waals surface area contributed by atoms with E-state index in [1.54, 1.807) is 12.1 Å². The van der Waals surface area contributed by atoms with Crippen LogP contribution in [0.5, 0.6) is 11.5 Å². The maximum absolute atomic E-state index is 10.8. The highest BCUT2D eigenvalue weighted by Crippen LogP contribution is 2.38. The predicted molar refractivity (Wildman–Crippen MR) is 80.1 cm³/mol. The summed E-state index contributed by atoms with van der Waals surface area (Å²) in [5.74, 6) is 0.145. The Morgan fingerprint density at radius 2 is 2.10 bits per heavy atom. The molecule has 0 heterocycles. The molecule has 1 saturated carbocycles. The number of halogens is 1. The Kier molecular flexibility index (Phi) is 5.31. The molecule has 1 aromatic carbocycles. The molecule has 2 rings (SSSR count). The van der Waals surface area contributed by atoms with Gasteiger partial charge in [-0.05, 0) is 37.3 Å². The van der Waals surface area contributed by atoms with E-state index in [1.165, 1.54) is 20.0 Å². The third kappa shape index (κ3) is 4.02. The van der Waals surface area contributed by atoms with E-state index in [2.05, 4.69) is 0 Å². The van der Waals surface area contributed by atoms with Crippen molar-refractivity contribution in [2.24, 2.45) is 5.73 Å². The molecule has 1 aliphatic carbocycles. The number of benzene rings is 1. The average Bonchev–Trinajstić information content (AvgIpc) is 2.91. The molecule has 3 N–H and O–H groups in total. The van der Waals surface area contributed by atoms with Crippen LogP contribution in [-0.4, -0.2) is 24.3 Å². The van der Waals surface area contributed by atoms with Gasteiger partial charge in [0.05, 0.1) is 19.6 Å². The monoisotopic (exact) mass is 313 g/mol. The second-order valence-electron chi connectivity index (χ2n) is 5.25. The van der Waals surface area contributed by atoms with Gasteiger partial charge in [-0.15, -0.1) is 0 Å². The van der Waals surface area contributed by atoms with E-state index >= 15 is 0 Å². The van der Waals surface area contributed by atoms with E-state index in [1.807, 2.05) is 0 Å². The first kappa shape index (κ1) is 15.9. The standard InChI is InChI=1S/C15H20ClNO4/c1-20-13-6-10(12(17)8-15(18)19)11(16)7-14(13)21-9-4-2-3-5-9/h6-7,9,12H,2-5,8,17H2,1H3,(H,18,19). The van der Waals surface area contributed by atoms with Gasteiger partial charge in [-0.1, -0.05) is 11.6 Å². The Labute approximate surface area is 129 Å². The Morgan fingerprint density at radius 1 is 1.43 bits per heavy atom. The highest BCUT2D eigenvalue weighted by molar-refractivity contribution is 6.31. The number of carbonyl (C=O) groups is 1. The van der Waals surface area contributed by atoms with Crippen LogP contribution in [0.4, 0.5) is 0 Å². The van der Waals surface area contributed by atoms with Crippen LogP contribution in [0.3, 0.4) is 0 Å². The number of rotatable bonds is 6. The molecule has 116 valence electrons. The van der Waals surface area contributed by atoms with Gasteiger partial charge < -0.3 is 20.3 Å². The molecule has 0 bridgehead atoms. The Morgan fingerprint density at radius 3 is 2.67 bits per heavy atom. The van der Waals surface area contributed by atoms with Gasteiger partial charge >= 0.3 is 5.97 Å². The van der Waals surface area contributed by atoms with Gasteiger partial charge in [0.15, 0.2) is 11.5 Å². The number of nitrogens with two attached hydrogens (primary N) is 1. The fourth-order valence-electron chi connectivity index (χ4n) is 2.57. The number of ether oxygens (including phenoxy) is 2. The van der Waals surface area contributed by atoms with Crippen molar-refractivity contribution in [3.8, 4) is 11.5 Å². The molecule has 0 radical (unpaired) electrons. The molecule has 0 amide bonds. The summed E-state index contributed by atoms with van der Waals surface area (Å²) >= 11 is 6.21. The quantitative estimate of drug-likeness (QED) is 0.843. The Balaban J connectivity index is 2.23. The van der Waals surface area contributed by atoms with Gasteiger partial charge in [-0.25, -0.2) is 0 Å². The molecule has 6 heteroatoms. The van der Waals surface area contributed by atoms with E-state index in [0.717, 1.165) is 12.8 Å². The molecule has 0 aromatic heterocycles. The summed E-state index contributed by atoms with van der Waals surface area (Å²) in [7, 11) is 1.54. The maximum Gasteiger partial charge on any atom is 0.305 e. The van der Waals surface area contributed by atoms with Crippen LogP contribution < -0.4 is 15.2 Å². The van der Waals surface area contributed by atoms with Crippen molar-refractivity contribution < 1.29 is 19.4 Å².